The molecule has 26 heavy (non-hydrogen) atoms. The summed E-state index contributed by atoms with van der Waals surface area (Å²) in [5.74, 6) is -0.453. The van der Waals surface area contributed by atoms with E-state index in [1.165, 1.54) is 21.9 Å². The van der Waals surface area contributed by atoms with Gasteiger partial charge in [0, 0.05) is 30.5 Å². The minimum Gasteiger partial charge on any atom is -0.348 e. The maximum Gasteiger partial charge on any atom is 0.271 e. The number of fused-ring (bicyclic) bond motifs is 1. The molecule has 0 radical (unpaired) electrons. The van der Waals surface area contributed by atoms with E-state index in [1.807, 2.05) is 41.8 Å². The number of nitrogens with one attached hydrogen (secondary N) is 1. The molecule has 1 aromatic carbocycles. The molecule has 6 nitrogen and oxygen atoms in total. The lowest BCUT2D eigenvalue weighted by atomic mass is 10.2. The SMILES string of the molecule is O=C(NCc1cccnc1)c1cnc2scc(-c3ccccc3)n2c1=O. The van der Waals surface area contributed by atoms with Gasteiger partial charge in [-0.1, -0.05) is 36.4 Å². The van der Waals surface area contributed by atoms with Crippen LogP contribution in [-0.2, 0) is 6.54 Å². The molecule has 7 heteroatoms. The largest absolute Gasteiger partial charge is 0.348 e. The molecule has 0 bridgehead atoms. The number of carbonyl (C=O) groups is 1. The summed E-state index contributed by atoms with van der Waals surface area (Å²) in [7, 11) is 0. The van der Waals surface area contributed by atoms with E-state index in [9.17, 15) is 9.59 Å². The molecule has 1 amide bonds. The molecule has 4 rings (SSSR count). The van der Waals surface area contributed by atoms with E-state index in [4.69, 9.17) is 0 Å². The van der Waals surface area contributed by atoms with Gasteiger partial charge in [-0.3, -0.25) is 19.0 Å². The zero-order valence-corrected chi connectivity index (χ0v) is 14.4. The molecule has 0 saturated heterocycles. The molecule has 4 aromatic rings. The van der Waals surface area contributed by atoms with Crippen molar-refractivity contribution in [2.24, 2.45) is 0 Å². The van der Waals surface area contributed by atoms with Crippen LogP contribution in [0.1, 0.15) is 15.9 Å². The molecular weight excluding hydrogens is 348 g/mol. The zero-order valence-electron chi connectivity index (χ0n) is 13.6. The van der Waals surface area contributed by atoms with E-state index in [2.05, 4.69) is 15.3 Å². The number of benzene rings is 1. The Balaban J connectivity index is 1.69. The third-order valence-electron chi connectivity index (χ3n) is 3.94. The predicted octanol–water partition coefficient (Wildman–Crippen LogP) is 2.75. The van der Waals surface area contributed by atoms with Gasteiger partial charge in [-0.05, 0) is 17.2 Å². The minimum absolute atomic E-state index is 0.0157. The van der Waals surface area contributed by atoms with Crippen LogP contribution >= 0.6 is 11.3 Å². The first-order chi connectivity index (χ1) is 12.7. The summed E-state index contributed by atoms with van der Waals surface area (Å²) in [6.45, 7) is 0.296. The van der Waals surface area contributed by atoms with Crippen molar-refractivity contribution in [1.29, 1.82) is 0 Å². The lowest BCUT2D eigenvalue weighted by Crippen LogP contribution is -2.31. The van der Waals surface area contributed by atoms with Gasteiger partial charge in [0.1, 0.15) is 5.56 Å². The van der Waals surface area contributed by atoms with Gasteiger partial charge in [-0.15, -0.1) is 11.3 Å². The Labute approximate surface area is 152 Å². The van der Waals surface area contributed by atoms with Gasteiger partial charge in [0.05, 0.1) is 5.69 Å². The Kier molecular flexibility index (Phi) is 4.28. The first kappa shape index (κ1) is 16.2. The van der Waals surface area contributed by atoms with Crippen molar-refractivity contribution in [1.82, 2.24) is 19.7 Å². The van der Waals surface area contributed by atoms with Crippen molar-refractivity contribution in [3.63, 3.8) is 0 Å². The fourth-order valence-corrected chi connectivity index (χ4v) is 3.50. The van der Waals surface area contributed by atoms with Gasteiger partial charge in [0.25, 0.3) is 11.5 Å². The van der Waals surface area contributed by atoms with Crippen molar-refractivity contribution in [2.45, 2.75) is 6.54 Å². The minimum atomic E-state index is -0.453. The molecular formula is C19H14N4O2S. The number of thiazole rings is 1. The quantitative estimate of drug-likeness (QED) is 0.606. The first-order valence-electron chi connectivity index (χ1n) is 7.96. The monoisotopic (exact) mass is 362 g/mol. The van der Waals surface area contributed by atoms with Gasteiger partial charge < -0.3 is 5.32 Å². The summed E-state index contributed by atoms with van der Waals surface area (Å²) in [4.78, 5) is 34.2. The number of carbonyl (C=O) groups excluding carboxylic acids is 1. The molecule has 0 aliphatic rings. The summed E-state index contributed by atoms with van der Waals surface area (Å²) < 4.78 is 1.49. The van der Waals surface area contributed by atoms with Gasteiger partial charge in [-0.25, -0.2) is 4.98 Å². The molecule has 0 aliphatic heterocycles. The lowest BCUT2D eigenvalue weighted by molar-refractivity contribution is 0.0949. The molecule has 0 saturated carbocycles. The number of pyridine rings is 1. The Hall–Kier alpha value is -3.32. The number of nitrogens with zero attached hydrogens (tertiary/aromatic N) is 3. The van der Waals surface area contributed by atoms with Crippen molar-refractivity contribution in [3.05, 3.63) is 87.9 Å². The Morgan fingerprint density at radius 1 is 1.12 bits per heavy atom. The van der Waals surface area contributed by atoms with E-state index in [-0.39, 0.29) is 11.1 Å². The Morgan fingerprint density at radius 2 is 1.96 bits per heavy atom. The average molecular weight is 362 g/mol. The number of rotatable bonds is 4. The molecule has 0 unspecified atom stereocenters. The summed E-state index contributed by atoms with van der Waals surface area (Å²) in [6, 6.07) is 13.2. The fraction of sp³-hybridized carbons (Fsp3) is 0.0526. The summed E-state index contributed by atoms with van der Waals surface area (Å²) in [6.07, 6.45) is 4.67. The summed E-state index contributed by atoms with van der Waals surface area (Å²) in [5, 5.41) is 4.61. The van der Waals surface area contributed by atoms with Crippen molar-refractivity contribution < 1.29 is 4.79 Å². The van der Waals surface area contributed by atoms with Gasteiger partial charge >= 0.3 is 0 Å². The van der Waals surface area contributed by atoms with E-state index in [0.717, 1.165) is 16.8 Å². The van der Waals surface area contributed by atoms with E-state index in [0.29, 0.717) is 11.5 Å². The van der Waals surface area contributed by atoms with E-state index >= 15 is 0 Å². The van der Waals surface area contributed by atoms with Crippen molar-refractivity contribution >= 4 is 22.2 Å². The fourth-order valence-electron chi connectivity index (χ4n) is 2.64. The number of amides is 1. The molecule has 0 atom stereocenters. The number of aromatic nitrogens is 3. The van der Waals surface area contributed by atoms with Gasteiger partial charge in [-0.2, -0.15) is 0 Å². The van der Waals surface area contributed by atoms with Crippen LogP contribution in [0.15, 0.2) is 71.2 Å². The van der Waals surface area contributed by atoms with E-state index in [1.54, 1.807) is 18.5 Å². The highest BCUT2D eigenvalue weighted by molar-refractivity contribution is 7.15. The highest BCUT2D eigenvalue weighted by Gasteiger charge is 2.16. The van der Waals surface area contributed by atoms with Crippen LogP contribution in [-0.4, -0.2) is 20.3 Å². The summed E-state index contributed by atoms with van der Waals surface area (Å²) >= 11 is 1.37. The van der Waals surface area contributed by atoms with Crippen LogP contribution in [0.4, 0.5) is 0 Å². The van der Waals surface area contributed by atoms with Gasteiger partial charge in [0.15, 0.2) is 4.96 Å². The number of hydrogen-bond acceptors (Lipinski definition) is 5. The van der Waals surface area contributed by atoms with Crippen LogP contribution < -0.4 is 10.9 Å². The molecule has 0 spiro atoms. The van der Waals surface area contributed by atoms with E-state index < -0.39 is 5.91 Å². The maximum absolute atomic E-state index is 12.9. The van der Waals surface area contributed by atoms with Crippen LogP contribution in [0, 0.1) is 0 Å². The molecule has 0 fully saturated rings. The molecule has 3 heterocycles. The first-order valence-corrected chi connectivity index (χ1v) is 8.84. The van der Waals surface area contributed by atoms with Crippen molar-refractivity contribution in [3.8, 4) is 11.3 Å². The molecule has 3 aromatic heterocycles. The molecule has 128 valence electrons. The second-order valence-electron chi connectivity index (χ2n) is 5.63. The molecule has 1 N–H and O–H groups in total. The average Bonchev–Trinajstić information content (AvgIpc) is 3.13. The smallest absolute Gasteiger partial charge is 0.271 e. The zero-order chi connectivity index (χ0) is 17.9. The second-order valence-corrected chi connectivity index (χ2v) is 6.46. The standard InChI is InChI=1S/C19H14N4O2S/c24-17(21-10-13-5-4-8-20-9-13)15-11-22-19-23(18(15)25)16(12-26-19)14-6-2-1-3-7-14/h1-9,11-12H,10H2,(H,21,24). The highest BCUT2D eigenvalue weighted by Crippen LogP contribution is 2.23. The third-order valence-corrected chi connectivity index (χ3v) is 4.78. The second kappa shape index (κ2) is 6.89. The van der Waals surface area contributed by atoms with Crippen molar-refractivity contribution in [2.75, 3.05) is 0 Å². The lowest BCUT2D eigenvalue weighted by Gasteiger charge is -2.06. The Morgan fingerprint density at radius 3 is 2.73 bits per heavy atom. The Bertz CT molecular complexity index is 1120. The summed E-state index contributed by atoms with van der Waals surface area (Å²) in [5.41, 5.74) is 2.12. The van der Waals surface area contributed by atoms with Crippen LogP contribution in [0.25, 0.3) is 16.2 Å². The van der Waals surface area contributed by atoms with Crippen LogP contribution in [0.5, 0.6) is 0 Å². The normalized spacial score (nSPS) is 10.8. The number of hydrogen-bond donors (Lipinski definition) is 1. The van der Waals surface area contributed by atoms with Crippen LogP contribution in [0.3, 0.4) is 0 Å². The molecule has 0 aliphatic carbocycles. The van der Waals surface area contributed by atoms with Gasteiger partial charge in [0.2, 0.25) is 0 Å². The maximum atomic E-state index is 12.9. The van der Waals surface area contributed by atoms with Crippen LogP contribution in [0.2, 0.25) is 0 Å². The third kappa shape index (κ3) is 3.00. The predicted molar refractivity (Wildman–Crippen MR) is 100 cm³/mol. The highest BCUT2D eigenvalue weighted by atomic mass is 32.1. The topological polar surface area (TPSA) is 76.4 Å².